The van der Waals surface area contributed by atoms with Gasteiger partial charge in [-0.2, -0.15) is 0 Å². The van der Waals surface area contributed by atoms with E-state index in [0.29, 0.717) is 15.9 Å². The molecule has 1 N–H and O–H groups in total. The molecule has 0 aliphatic rings. The summed E-state index contributed by atoms with van der Waals surface area (Å²) in [5, 5.41) is 0. The summed E-state index contributed by atoms with van der Waals surface area (Å²) < 4.78 is 44.8. The number of rotatable bonds is 6. The Hall–Kier alpha value is -1.60. The number of nitrogens with one attached hydrogen (secondary N) is 1. The molecule has 0 saturated heterocycles. The van der Waals surface area contributed by atoms with E-state index in [2.05, 4.69) is 20.7 Å². The summed E-state index contributed by atoms with van der Waals surface area (Å²) >= 11 is 3.35. The van der Waals surface area contributed by atoms with Crippen LogP contribution < -0.4 is 9.46 Å². The lowest BCUT2D eigenvalue weighted by atomic mass is 10.2. The predicted molar refractivity (Wildman–Crippen MR) is 88.0 cm³/mol. The van der Waals surface area contributed by atoms with Crippen molar-refractivity contribution in [2.75, 3.05) is 10.5 Å². The first-order valence-corrected chi connectivity index (χ1v) is 9.01. The molecule has 0 heterocycles. The predicted octanol–water partition coefficient (Wildman–Crippen LogP) is 3.93. The minimum Gasteiger partial charge on any atom is -0.488 e. The monoisotopic (exact) mass is 387 g/mol. The molecule has 0 aliphatic carbocycles. The zero-order valence-electron chi connectivity index (χ0n) is 11.8. The molecular weight excluding hydrogens is 373 g/mol. The van der Waals surface area contributed by atoms with E-state index in [-0.39, 0.29) is 18.2 Å². The average Bonchev–Trinajstić information content (AvgIpc) is 2.49. The van der Waals surface area contributed by atoms with Crippen molar-refractivity contribution in [3.05, 3.63) is 58.3 Å². The van der Waals surface area contributed by atoms with Gasteiger partial charge in [-0.1, -0.05) is 12.1 Å². The van der Waals surface area contributed by atoms with E-state index in [4.69, 9.17) is 4.74 Å². The van der Waals surface area contributed by atoms with Crippen LogP contribution in [-0.4, -0.2) is 14.2 Å². The quantitative estimate of drug-likeness (QED) is 0.816. The number of benzene rings is 2. The molecule has 0 radical (unpaired) electrons. The zero-order valence-corrected chi connectivity index (χ0v) is 14.2. The maximum atomic E-state index is 12.8. The van der Waals surface area contributed by atoms with Crippen LogP contribution in [-0.2, 0) is 16.6 Å². The van der Waals surface area contributed by atoms with Crippen LogP contribution >= 0.6 is 15.9 Å². The van der Waals surface area contributed by atoms with Crippen LogP contribution in [0.15, 0.2) is 46.9 Å². The fourth-order valence-electron chi connectivity index (χ4n) is 1.67. The van der Waals surface area contributed by atoms with Gasteiger partial charge >= 0.3 is 0 Å². The standard InChI is InChI=1S/C15H15BrFNO3S/c1-2-22(19,20)18-13-7-8-14(16)15(9-13)21-10-11-3-5-12(17)6-4-11/h3-9,18H,2,10H2,1H3. The largest absolute Gasteiger partial charge is 0.488 e. The highest BCUT2D eigenvalue weighted by molar-refractivity contribution is 9.10. The third kappa shape index (κ3) is 4.71. The van der Waals surface area contributed by atoms with E-state index in [1.165, 1.54) is 12.1 Å². The highest BCUT2D eigenvalue weighted by atomic mass is 79.9. The second-order valence-electron chi connectivity index (χ2n) is 4.57. The molecule has 0 amide bonds. The molecule has 2 rings (SSSR count). The molecule has 22 heavy (non-hydrogen) atoms. The Balaban J connectivity index is 2.11. The third-order valence-electron chi connectivity index (χ3n) is 2.89. The fourth-order valence-corrected chi connectivity index (χ4v) is 2.66. The Morgan fingerprint density at radius 3 is 2.50 bits per heavy atom. The summed E-state index contributed by atoms with van der Waals surface area (Å²) in [5.41, 5.74) is 1.24. The van der Waals surface area contributed by atoms with Gasteiger partial charge in [0, 0.05) is 6.07 Å². The van der Waals surface area contributed by atoms with Gasteiger partial charge in [-0.3, -0.25) is 4.72 Å². The fraction of sp³-hybridized carbons (Fsp3) is 0.200. The lowest BCUT2D eigenvalue weighted by Crippen LogP contribution is -2.14. The van der Waals surface area contributed by atoms with Gasteiger partial charge in [0.2, 0.25) is 10.0 Å². The molecule has 118 valence electrons. The van der Waals surface area contributed by atoms with Gasteiger partial charge < -0.3 is 4.74 Å². The lowest BCUT2D eigenvalue weighted by molar-refractivity contribution is 0.304. The van der Waals surface area contributed by atoms with Crippen molar-refractivity contribution in [2.45, 2.75) is 13.5 Å². The molecule has 0 aromatic heterocycles. The van der Waals surface area contributed by atoms with Gasteiger partial charge in [-0.25, -0.2) is 12.8 Å². The van der Waals surface area contributed by atoms with Crippen molar-refractivity contribution in [3.8, 4) is 5.75 Å². The van der Waals surface area contributed by atoms with Crippen molar-refractivity contribution < 1.29 is 17.5 Å². The molecule has 4 nitrogen and oxygen atoms in total. The first-order valence-electron chi connectivity index (χ1n) is 6.57. The van der Waals surface area contributed by atoms with Crippen molar-refractivity contribution in [1.82, 2.24) is 0 Å². The van der Waals surface area contributed by atoms with Crippen molar-refractivity contribution in [3.63, 3.8) is 0 Å². The molecule has 0 spiro atoms. The van der Waals surface area contributed by atoms with Crippen molar-refractivity contribution in [2.24, 2.45) is 0 Å². The minimum absolute atomic E-state index is 0.00513. The average molecular weight is 388 g/mol. The van der Waals surface area contributed by atoms with Gasteiger partial charge in [-0.15, -0.1) is 0 Å². The molecule has 2 aromatic rings. The Morgan fingerprint density at radius 2 is 1.86 bits per heavy atom. The van der Waals surface area contributed by atoms with Crippen LogP contribution in [0.2, 0.25) is 0 Å². The second kappa shape index (κ2) is 7.11. The van der Waals surface area contributed by atoms with Crippen LogP contribution in [0.4, 0.5) is 10.1 Å². The summed E-state index contributed by atoms with van der Waals surface area (Å²) in [7, 11) is -3.34. The van der Waals surface area contributed by atoms with Gasteiger partial charge in [0.15, 0.2) is 0 Å². The van der Waals surface area contributed by atoms with E-state index in [1.54, 1.807) is 37.3 Å². The molecule has 2 aromatic carbocycles. The van der Waals surface area contributed by atoms with E-state index < -0.39 is 10.0 Å². The van der Waals surface area contributed by atoms with Crippen LogP contribution in [0.3, 0.4) is 0 Å². The first kappa shape index (κ1) is 16.8. The first-order chi connectivity index (χ1) is 10.4. The molecule has 0 atom stereocenters. The molecule has 0 unspecified atom stereocenters. The normalized spacial score (nSPS) is 11.2. The number of sulfonamides is 1. The molecular formula is C15H15BrFNO3S. The highest BCUT2D eigenvalue weighted by Crippen LogP contribution is 2.29. The topological polar surface area (TPSA) is 55.4 Å². The molecule has 7 heteroatoms. The van der Waals surface area contributed by atoms with Crippen LogP contribution in [0.1, 0.15) is 12.5 Å². The maximum Gasteiger partial charge on any atom is 0.232 e. The number of hydrogen-bond donors (Lipinski definition) is 1. The Morgan fingerprint density at radius 1 is 1.18 bits per heavy atom. The number of anilines is 1. The Bertz CT molecular complexity index is 748. The van der Waals surface area contributed by atoms with Gasteiger partial charge in [0.05, 0.1) is 15.9 Å². The van der Waals surface area contributed by atoms with Crippen molar-refractivity contribution >= 4 is 31.6 Å². The van der Waals surface area contributed by atoms with Gasteiger partial charge in [0.25, 0.3) is 0 Å². The highest BCUT2D eigenvalue weighted by Gasteiger charge is 2.09. The number of ether oxygens (including phenoxy) is 1. The summed E-state index contributed by atoms with van der Waals surface area (Å²) in [6, 6.07) is 10.9. The van der Waals surface area contributed by atoms with Gasteiger partial charge in [0.1, 0.15) is 18.2 Å². The smallest absolute Gasteiger partial charge is 0.232 e. The zero-order chi connectivity index (χ0) is 16.2. The summed E-state index contributed by atoms with van der Waals surface area (Å²) in [6.45, 7) is 1.82. The summed E-state index contributed by atoms with van der Waals surface area (Å²) in [6.07, 6.45) is 0. The second-order valence-corrected chi connectivity index (χ2v) is 7.43. The molecule has 0 bridgehead atoms. The minimum atomic E-state index is -3.34. The van der Waals surface area contributed by atoms with Crippen LogP contribution in [0, 0.1) is 5.82 Å². The van der Waals surface area contributed by atoms with Crippen LogP contribution in [0.25, 0.3) is 0 Å². The summed E-state index contributed by atoms with van der Waals surface area (Å²) in [5.74, 6) is 0.191. The Labute approximate surface area is 137 Å². The third-order valence-corrected chi connectivity index (χ3v) is 4.85. The van der Waals surface area contributed by atoms with E-state index >= 15 is 0 Å². The molecule has 0 saturated carbocycles. The van der Waals surface area contributed by atoms with E-state index in [9.17, 15) is 12.8 Å². The molecule has 0 fully saturated rings. The number of halogens is 2. The molecule has 0 aliphatic heterocycles. The SMILES string of the molecule is CCS(=O)(=O)Nc1ccc(Br)c(OCc2ccc(F)cc2)c1. The Kier molecular flexibility index (Phi) is 5.42. The van der Waals surface area contributed by atoms with Gasteiger partial charge in [-0.05, 0) is 52.7 Å². The maximum absolute atomic E-state index is 12.8. The van der Waals surface area contributed by atoms with E-state index in [1.807, 2.05) is 0 Å². The van der Waals surface area contributed by atoms with Crippen molar-refractivity contribution in [1.29, 1.82) is 0 Å². The van der Waals surface area contributed by atoms with Crippen LogP contribution in [0.5, 0.6) is 5.75 Å². The lowest BCUT2D eigenvalue weighted by Gasteiger charge is -2.11. The number of hydrogen-bond acceptors (Lipinski definition) is 3. The van der Waals surface area contributed by atoms with E-state index in [0.717, 1.165) is 5.56 Å². The summed E-state index contributed by atoms with van der Waals surface area (Å²) in [4.78, 5) is 0.